The Labute approximate surface area is 101 Å². The van der Waals surface area contributed by atoms with Gasteiger partial charge in [0.2, 0.25) is 0 Å². The standard InChI is InChI=1S/C15H15FO/c1-10-4-3-5-12(6-10)13-7-11(2)14(9-17)15(16)8-13/h3-8,17H,9H2,1-2H3. The minimum Gasteiger partial charge on any atom is -0.392 e. The van der Waals surface area contributed by atoms with E-state index in [9.17, 15) is 4.39 Å². The van der Waals surface area contributed by atoms with Gasteiger partial charge < -0.3 is 5.11 Å². The van der Waals surface area contributed by atoms with Gasteiger partial charge in [-0.3, -0.25) is 0 Å². The zero-order valence-corrected chi connectivity index (χ0v) is 10.00. The highest BCUT2D eigenvalue weighted by Gasteiger charge is 2.08. The van der Waals surface area contributed by atoms with Crippen LogP contribution in [0.1, 0.15) is 16.7 Å². The van der Waals surface area contributed by atoms with Gasteiger partial charge in [-0.2, -0.15) is 0 Å². The van der Waals surface area contributed by atoms with Crippen LogP contribution in [-0.2, 0) is 6.61 Å². The maximum absolute atomic E-state index is 13.7. The normalized spacial score (nSPS) is 10.6. The highest BCUT2D eigenvalue weighted by atomic mass is 19.1. The molecule has 0 saturated carbocycles. The van der Waals surface area contributed by atoms with E-state index in [1.165, 1.54) is 6.07 Å². The van der Waals surface area contributed by atoms with Crippen molar-refractivity contribution in [2.24, 2.45) is 0 Å². The van der Waals surface area contributed by atoms with Crippen LogP contribution in [0.3, 0.4) is 0 Å². The predicted molar refractivity (Wildman–Crippen MR) is 67.2 cm³/mol. The molecule has 0 aliphatic carbocycles. The van der Waals surface area contributed by atoms with Crippen molar-refractivity contribution in [2.45, 2.75) is 20.5 Å². The Bertz CT molecular complexity index is 523. The summed E-state index contributed by atoms with van der Waals surface area (Å²) in [4.78, 5) is 0. The van der Waals surface area contributed by atoms with Crippen LogP contribution in [-0.4, -0.2) is 5.11 Å². The molecule has 0 aliphatic rings. The van der Waals surface area contributed by atoms with E-state index in [4.69, 9.17) is 5.11 Å². The smallest absolute Gasteiger partial charge is 0.129 e. The van der Waals surface area contributed by atoms with Gasteiger partial charge in [0.15, 0.2) is 0 Å². The average molecular weight is 230 g/mol. The first kappa shape index (κ1) is 11.8. The summed E-state index contributed by atoms with van der Waals surface area (Å²) in [5, 5.41) is 9.06. The highest BCUT2D eigenvalue weighted by Crippen LogP contribution is 2.25. The molecular formula is C15H15FO. The zero-order chi connectivity index (χ0) is 12.4. The lowest BCUT2D eigenvalue weighted by Gasteiger charge is -2.09. The van der Waals surface area contributed by atoms with Gasteiger partial charge in [0.05, 0.1) is 6.61 Å². The van der Waals surface area contributed by atoms with Gasteiger partial charge in [-0.15, -0.1) is 0 Å². The van der Waals surface area contributed by atoms with Crippen molar-refractivity contribution in [2.75, 3.05) is 0 Å². The van der Waals surface area contributed by atoms with E-state index in [0.717, 1.165) is 22.3 Å². The first-order chi connectivity index (χ1) is 8.11. The van der Waals surface area contributed by atoms with Crippen LogP contribution in [0.25, 0.3) is 11.1 Å². The molecule has 2 aromatic carbocycles. The number of rotatable bonds is 2. The summed E-state index contributed by atoms with van der Waals surface area (Å²) in [6, 6.07) is 11.3. The lowest BCUT2D eigenvalue weighted by molar-refractivity contribution is 0.275. The van der Waals surface area contributed by atoms with E-state index in [1.54, 1.807) is 0 Å². The van der Waals surface area contributed by atoms with Crippen LogP contribution in [0, 0.1) is 19.7 Å². The van der Waals surface area contributed by atoms with Gasteiger partial charge in [-0.25, -0.2) is 4.39 Å². The topological polar surface area (TPSA) is 20.2 Å². The fraction of sp³-hybridized carbons (Fsp3) is 0.200. The summed E-state index contributed by atoms with van der Waals surface area (Å²) in [6.45, 7) is 3.56. The van der Waals surface area contributed by atoms with Gasteiger partial charge in [0.1, 0.15) is 5.82 Å². The van der Waals surface area contributed by atoms with Crippen molar-refractivity contribution in [1.29, 1.82) is 0 Å². The van der Waals surface area contributed by atoms with Crippen LogP contribution in [0.4, 0.5) is 4.39 Å². The van der Waals surface area contributed by atoms with E-state index in [2.05, 4.69) is 0 Å². The van der Waals surface area contributed by atoms with E-state index in [1.807, 2.05) is 44.2 Å². The monoisotopic (exact) mass is 230 g/mol. The molecule has 0 aliphatic heterocycles. The summed E-state index contributed by atoms with van der Waals surface area (Å²) in [5.74, 6) is -0.344. The van der Waals surface area contributed by atoms with Gasteiger partial charge in [0, 0.05) is 5.56 Å². The molecule has 0 unspecified atom stereocenters. The molecule has 0 heterocycles. The summed E-state index contributed by atoms with van der Waals surface area (Å²) < 4.78 is 13.7. The molecule has 2 rings (SSSR count). The number of benzene rings is 2. The Morgan fingerprint density at radius 2 is 1.82 bits per heavy atom. The van der Waals surface area contributed by atoms with Crippen molar-refractivity contribution in [3.05, 3.63) is 58.9 Å². The molecule has 0 saturated heterocycles. The Hall–Kier alpha value is -1.67. The minimum absolute atomic E-state index is 0.258. The van der Waals surface area contributed by atoms with Crippen molar-refractivity contribution < 1.29 is 9.50 Å². The Morgan fingerprint density at radius 1 is 1.06 bits per heavy atom. The third-order valence-corrected chi connectivity index (χ3v) is 2.93. The SMILES string of the molecule is Cc1cccc(-c2cc(C)c(CO)c(F)c2)c1. The quantitative estimate of drug-likeness (QED) is 0.835. The predicted octanol–water partition coefficient (Wildman–Crippen LogP) is 3.60. The third-order valence-electron chi connectivity index (χ3n) is 2.93. The first-order valence-corrected chi connectivity index (χ1v) is 5.58. The van der Waals surface area contributed by atoms with Crippen molar-refractivity contribution in [3.63, 3.8) is 0 Å². The molecule has 0 spiro atoms. The van der Waals surface area contributed by atoms with Crippen molar-refractivity contribution in [1.82, 2.24) is 0 Å². The highest BCUT2D eigenvalue weighted by molar-refractivity contribution is 5.65. The third kappa shape index (κ3) is 2.37. The molecule has 1 N–H and O–H groups in total. The molecule has 88 valence electrons. The van der Waals surface area contributed by atoms with E-state index >= 15 is 0 Å². The molecule has 17 heavy (non-hydrogen) atoms. The average Bonchev–Trinajstić information content (AvgIpc) is 2.28. The molecule has 0 amide bonds. The van der Waals surface area contributed by atoms with Gasteiger partial charge >= 0.3 is 0 Å². The van der Waals surface area contributed by atoms with E-state index in [-0.39, 0.29) is 12.4 Å². The van der Waals surface area contributed by atoms with Gasteiger partial charge in [0.25, 0.3) is 0 Å². The largest absolute Gasteiger partial charge is 0.392 e. The molecule has 0 fully saturated rings. The maximum atomic E-state index is 13.7. The fourth-order valence-electron chi connectivity index (χ4n) is 1.97. The molecule has 0 radical (unpaired) electrons. The maximum Gasteiger partial charge on any atom is 0.129 e. The second kappa shape index (κ2) is 4.68. The molecular weight excluding hydrogens is 215 g/mol. The molecule has 2 heteroatoms. The van der Waals surface area contributed by atoms with Gasteiger partial charge in [-0.1, -0.05) is 35.9 Å². The van der Waals surface area contributed by atoms with E-state index in [0.29, 0.717) is 5.56 Å². The van der Waals surface area contributed by atoms with Crippen LogP contribution in [0.5, 0.6) is 0 Å². The Morgan fingerprint density at radius 3 is 2.41 bits per heavy atom. The molecule has 0 atom stereocenters. The lowest BCUT2D eigenvalue weighted by Crippen LogP contribution is -1.95. The van der Waals surface area contributed by atoms with Gasteiger partial charge in [-0.05, 0) is 36.6 Å². The van der Waals surface area contributed by atoms with E-state index < -0.39 is 0 Å². The number of aliphatic hydroxyl groups is 1. The Kier molecular flexibility index (Phi) is 3.25. The number of aliphatic hydroxyl groups excluding tert-OH is 1. The van der Waals surface area contributed by atoms with Crippen molar-refractivity contribution in [3.8, 4) is 11.1 Å². The Balaban J connectivity index is 2.54. The number of hydrogen-bond donors (Lipinski definition) is 1. The minimum atomic E-state index is -0.344. The summed E-state index contributed by atoms with van der Waals surface area (Å²) in [5.41, 5.74) is 4.15. The summed E-state index contributed by atoms with van der Waals surface area (Å²) in [6.07, 6.45) is 0. The zero-order valence-electron chi connectivity index (χ0n) is 10.00. The summed E-state index contributed by atoms with van der Waals surface area (Å²) in [7, 11) is 0. The van der Waals surface area contributed by atoms with Crippen LogP contribution >= 0.6 is 0 Å². The second-order valence-electron chi connectivity index (χ2n) is 4.28. The lowest BCUT2D eigenvalue weighted by atomic mass is 9.98. The molecule has 0 bridgehead atoms. The van der Waals surface area contributed by atoms with Crippen molar-refractivity contribution >= 4 is 0 Å². The van der Waals surface area contributed by atoms with Crippen LogP contribution in [0.15, 0.2) is 36.4 Å². The van der Waals surface area contributed by atoms with Crippen LogP contribution in [0.2, 0.25) is 0 Å². The first-order valence-electron chi connectivity index (χ1n) is 5.58. The fourth-order valence-corrected chi connectivity index (χ4v) is 1.97. The number of aryl methyl sites for hydroxylation is 2. The molecule has 0 aromatic heterocycles. The van der Waals surface area contributed by atoms with Crippen LogP contribution < -0.4 is 0 Å². The molecule has 1 nitrogen and oxygen atoms in total. The summed E-state index contributed by atoms with van der Waals surface area (Å²) >= 11 is 0. The number of hydrogen-bond acceptors (Lipinski definition) is 1. The molecule has 2 aromatic rings. The second-order valence-corrected chi connectivity index (χ2v) is 4.28. The number of halogens is 1.